The zero-order valence-electron chi connectivity index (χ0n) is 15.5. The molecular formula is C20H25N3O3. The van der Waals surface area contributed by atoms with Crippen LogP contribution in [0.3, 0.4) is 0 Å². The van der Waals surface area contributed by atoms with Crippen molar-refractivity contribution in [2.45, 2.75) is 40.0 Å². The second-order valence-corrected chi connectivity index (χ2v) is 7.06. The van der Waals surface area contributed by atoms with E-state index in [2.05, 4.69) is 10.3 Å². The third-order valence-corrected chi connectivity index (χ3v) is 5.45. The summed E-state index contributed by atoms with van der Waals surface area (Å²) in [6.07, 6.45) is 7.64. The van der Waals surface area contributed by atoms with Gasteiger partial charge in [-0.1, -0.05) is 18.6 Å². The predicted octanol–water partition coefficient (Wildman–Crippen LogP) is 2.14. The summed E-state index contributed by atoms with van der Waals surface area (Å²) in [5.41, 5.74) is 3.24. The van der Waals surface area contributed by atoms with Crippen LogP contribution in [0.5, 0.6) is 0 Å². The van der Waals surface area contributed by atoms with Gasteiger partial charge < -0.3 is 10.2 Å². The lowest BCUT2D eigenvalue weighted by Crippen LogP contribution is -2.39. The fraction of sp³-hybridized carbons (Fsp3) is 0.500. The second-order valence-electron chi connectivity index (χ2n) is 7.06. The Morgan fingerprint density at radius 2 is 2.00 bits per heavy atom. The lowest BCUT2D eigenvalue weighted by Gasteiger charge is -2.30. The fourth-order valence-corrected chi connectivity index (χ4v) is 3.83. The van der Waals surface area contributed by atoms with Gasteiger partial charge in [-0.15, -0.1) is 0 Å². The smallest absolute Gasteiger partial charge is 0.251 e. The van der Waals surface area contributed by atoms with Gasteiger partial charge in [0.1, 0.15) is 0 Å². The maximum absolute atomic E-state index is 12.5. The highest BCUT2D eigenvalue weighted by Crippen LogP contribution is 2.31. The Kier molecular flexibility index (Phi) is 5.20. The van der Waals surface area contributed by atoms with Gasteiger partial charge in [-0.05, 0) is 38.3 Å². The van der Waals surface area contributed by atoms with E-state index in [4.69, 9.17) is 0 Å². The average molecular weight is 355 g/mol. The van der Waals surface area contributed by atoms with Gasteiger partial charge in [0.2, 0.25) is 11.8 Å². The Balaban J connectivity index is 1.71. The molecule has 1 fully saturated rings. The summed E-state index contributed by atoms with van der Waals surface area (Å²) in [5, 5.41) is 2.93. The summed E-state index contributed by atoms with van der Waals surface area (Å²) < 4.78 is 0. The van der Waals surface area contributed by atoms with Crippen LogP contribution < -0.4 is 5.32 Å². The number of rotatable bonds is 2. The molecule has 1 aliphatic carbocycles. The summed E-state index contributed by atoms with van der Waals surface area (Å²) >= 11 is 0. The number of allylic oxidation sites excluding steroid dienone is 3. The molecule has 1 unspecified atom stereocenters. The van der Waals surface area contributed by atoms with Crippen molar-refractivity contribution >= 4 is 23.4 Å². The standard InChI is InChI=1S/C20H25N3O3/c1-4-16-12(2)17-6-5-15(11-18(17)22-20(16)26)21-19(25)14-7-9-23(10-8-14)13(3)24/h5-6,11,14,17H,4,7-10H2,1-3H3,(H,22,26). The molecule has 2 aliphatic heterocycles. The van der Waals surface area contributed by atoms with Crippen LogP contribution in [0.1, 0.15) is 40.0 Å². The Morgan fingerprint density at radius 3 is 2.62 bits per heavy atom. The van der Waals surface area contributed by atoms with Gasteiger partial charge in [0, 0.05) is 43.1 Å². The van der Waals surface area contributed by atoms with Gasteiger partial charge in [0.15, 0.2) is 0 Å². The zero-order valence-corrected chi connectivity index (χ0v) is 15.5. The molecule has 0 aromatic rings. The molecule has 1 atom stereocenters. The van der Waals surface area contributed by atoms with Crippen molar-refractivity contribution in [1.29, 1.82) is 0 Å². The molecule has 0 aromatic heterocycles. The largest absolute Gasteiger partial charge is 0.343 e. The van der Waals surface area contributed by atoms with Crippen LogP contribution in [0, 0.1) is 11.8 Å². The third-order valence-electron chi connectivity index (χ3n) is 5.45. The van der Waals surface area contributed by atoms with E-state index >= 15 is 0 Å². The number of amides is 3. The van der Waals surface area contributed by atoms with Crippen molar-refractivity contribution in [3.8, 4) is 0 Å². The molecule has 6 nitrogen and oxygen atoms in total. The van der Waals surface area contributed by atoms with Crippen LogP contribution in [-0.4, -0.2) is 41.4 Å². The van der Waals surface area contributed by atoms with Crippen molar-refractivity contribution in [2.75, 3.05) is 13.1 Å². The van der Waals surface area contributed by atoms with Gasteiger partial charge in [-0.3, -0.25) is 14.4 Å². The van der Waals surface area contributed by atoms with Gasteiger partial charge >= 0.3 is 0 Å². The van der Waals surface area contributed by atoms with Crippen LogP contribution in [0.25, 0.3) is 0 Å². The molecule has 138 valence electrons. The summed E-state index contributed by atoms with van der Waals surface area (Å²) in [6.45, 7) is 6.72. The number of carbonyl (C=O) groups excluding carboxylic acids is 3. The molecule has 2 heterocycles. The molecule has 3 rings (SSSR count). The topological polar surface area (TPSA) is 78.8 Å². The molecule has 26 heavy (non-hydrogen) atoms. The van der Waals surface area contributed by atoms with E-state index in [0.717, 1.165) is 16.8 Å². The molecule has 0 radical (unpaired) electrons. The number of fused-ring (bicyclic) bond motifs is 1. The summed E-state index contributed by atoms with van der Waals surface area (Å²) in [5.74, 6) is -0.250. The van der Waals surface area contributed by atoms with E-state index in [1.54, 1.807) is 17.9 Å². The van der Waals surface area contributed by atoms with E-state index in [-0.39, 0.29) is 29.6 Å². The van der Waals surface area contributed by atoms with Crippen molar-refractivity contribution < 1.29 is 14.4 Å². The zero-order chi connectivity index (χ0) is 18.8. The van der Waals surface area contributed by atoms with Crippen LogP contribution in [0.2, 0.25) is 0 Å². The van der Waals surface area contributed by atoms with Gasteiger partial charge in [-0.25, -0.2) is 4.99 Å². The lowest BCUT2D eigenvalue weighted by atomic mass is 9.84. The quantitative estimate of drug-likeness (QED) is 0.824. The fourth-order valence-electron chi connectivity index (χ4n) is 3.83. The number of hydrogen-bond donors (Lipinski definition) is 1. The van der Waals surface area contributed by atoms with Crippen LogP contribution in [0.4, 0.5) is 0 Å². The van der Waals surface area contributed by atoms with E-state index in [1.165, 1.54) is 0 Å². The molecule has 3 amide bonds. The van der Waals surface area contributed by atoms with Crippen molar-refractivity contribution in [2.24, 2.45) is 16.8 Å². The lowest BCUT2D eigenvalue weighted by molar-refractivity contribution is -0.132. The Hall–Kier alpha value is -2.50. The first-order chi connectivity index (χ1) is 12.4. The minimum Gasteiger partial charge on any atom is -0.343 e. The maximum atomic E-state index is 12.5. The van der Waals surface area contributed by atoms with Gasteiger partial charge in [-0.2, -0.15) is 0 Å². The Bertz CT molecular complexity index is 765. The number of carbonyl (C=O) groups is 3. The number of nitrogens with one attached hydrogen (secondary N) is 1. The summed E-state index contributed by atoms with van der Waals surface area (Å²) in [6, 6.07) is 0. The summed E-state index contributed by atoms with van der Waals surface area (Å²) in [7, 11) is 0. The minimum absolute atomic E-state index is 0.0514. The minimum atomic E-state index is -0.146. The van der Waals surface area contributed by atoms with Gasteiger partial charge in [0.25, 0.3) is 5.91 Å². The number of aliphatic imine (C=N–C) groups is 1. The highest BCUT2D eigenvalue weighted by Gasteiger charge is 2.30. The molecule has 1 N–H and O–H groups in total. The first-order valence-electron chi connectivity index (χ1n) is 9.19. The maximum Gasteiger partial charge on any atom is 0.251 e. The third kappa shape index (κ3) is 3.54. The Morgan fingerprint density at radius 1 is 1.31 bits per heavy atom. The van der Waals surface area contributed by atoms with Crippen molar-refractivity contribution in [3.63, 3.8) is 0 Å². The molecule has 6 heteroatoms. The monoisotopic (exact) mass is 355 g/mol. The highest BCUT2D eigenvalue weighted by atomic mass is 16.2. The molecule has 0 bridgehead atoms. The second kappa shape index (κ2) is 7.40. The highest BCUT2D eigenvalue weighted by molar-refractivity contribution is 6.11. The van der Waals surface area contributed by atoms with Crippen molar-refractivity contribution in [3.05, 3.63) is 35.1 Å². The van der Waals surface area contributed by atoms with Crippen molar-refractivity contribution in [1.82, 2.24) is 10.2 Å². The van der Waals surface area contributed by atoms with Gasteiger partial charge in [0.05, 0.1) is 5.71 Å². The number of hydrogen-bond acceptors (Lipinski definition) is 3. The first-order valence-corrected chi connectivity index (χ1v) is 9.19. The predicted molar refractivity (Wildman–Crippen MR) is 99.3 cm³/mol. The molecule has 0 spiro atoms. The molecule has 3 aliphatic rings. The molecular weight excluding hydrogens is 330 g/mol. The summed E-state index contributed by atoms with van der Waals surface area (Å²) in [4.78, 5) is 42.1. The number of nitrogens with zero attached hydrogens (tertiary/aromatic N) is 2. The SMILES string of the molecule is CCC1=C(C)C2C=CC(=NC(=O)C3CCN(C(C)=O)CC3)C=C2NC1=O. The van der Waals surface area contributed by atoms with Crippen LogP contribution >= 0.6 is 0 Å². The van der Waals surface area contributed by atoms with E-state index in [9.17, 15) is 14.4 Å². The van der Waals surface area contributed by atoms with E-state index in [1.807, 2.05) is 26.0 Å². The molecule has 0 saturated carbocycles. The molecule has 1 saturated heterocycles. The van der Waals surface area contributed by atoms with Crippen LogP contribution in [-0.2, 0) is 14.4 Å². The average Bonchev–Trinajstić information content (AvgIpc) is 2.62. The van der Waals surface area contributed by atoms with E-state index < -0.39 is 0 Å². The number of piperidine rings is 1. The normalized spacial score (nSPS) is 25.1. The molecule has 0 aromatic carbocycles. The van der Waals surface area contributed by atoms with E-state index in [0.29, 0.717) is 38.1 Å². The Labute approximate surface area is 153 Å². The number of likely N-dealkylation sites (tertiary alicyclic amines) is 1. The first kappa shape index (κ1) is 18.3. The van der Waals surface area contributed by atoms with Crippen LogP contribution in [0.15, 0.2) is 40.1 Å².